The van der Waals surface area contributed by atoms with Crippen molar-refractivity contribution in [2.45, 2.75) is 25.7 Å². The van der Waals surface area contributed by atoms with Crippen molar-refractivity contribution in [3.8, 4) is 0 Å². The predicted molar refractivity (Wildman–Crippen MR) is 76.7 cm³/mol. The van der Waals surface area contributed by atoms with Gasteiger partial charge in [0.25, 0.3) is 5.91 Å². The summed E-state index contributed by atoms with van der Waals surface area (Å²) in [7, 11) is -3.99. The van der Waals surface area contributed by atoms with Crippen LogP contribution in [0.5, 0.6) is 0 Å². The van der Waals surface area contributed by atoms with Crippen LogP contribution in [0.15, 0.2) is 17.0 Å². The van der Waals surface area contributed by atoms with Crippen LogP contribution in [-0.4, -0.2) is 32.3 Å². The SMILES string of the molecule is Cc1cc(F)c(C(=O)N2CC(C)C(C)C2)cc1S(N)(=O)=O. The van der Waals surface area contributed by atoms with Crippen LogP contribution in [0.2, 0.25) is 0 Å². The van der Waals surface area contributed by atoms with Gasteiger partial charge in [0.05, 0.1) is 10.5 Å². The van der Waals surface area contributed by atoms with Gasteiger partial charge >= 0.3 is 0 Å². The van der Waals surface area contributed by atoms with Gasteiger partial charge in [0.1, 0.15) is 5.82 Å². The number of nitrogens with two attached hydrogens (primary N) is 1. The van der Waals surface area contributed by atoms with Gasteiger partial charge in [-0.3, -0.25) is 4.79 Å². The summed E-state index contributed by atoms with van der Waals surface area (Å²) >= 11 is 0. The number of nitrogens with zero attached hydrogens (tertiary/aromatic N) is 1. The molecule has 2 unspecified atom stereocenters. The van der Waals surface area contributed by atoms with Gasteiger partial charge in [-0.2, -0.15) is 0 Å². The van der Waals surface area contributed by atoms with E-state index in [0.717, 1.165) is 12.1 Å². The highest BCUT2D eigenvalue weighted by Gasteiger charge is 2.31. The number of sulfonamides is 1. The zero-order chi connectivity index (χ0) is 15.9. The lowest BCUT2D eigenvalue weighted by Gasteiger charge is -2.17. The minimum absolute atomic E-state index is 0.190. The fourth-order valence-corrected chi connectivity index (χ4v) is 3.38. The van der Waals surface area contributed by atoms with Crippen LogP contribution in [0.1, 0.15) is 29.8 Å². The number of carbonyl (C=O) groups is 1. The minimum Gasteiger partial charge on any atom is -0.338 e. The number of primary sulfonamides is 1. The Morgan fingerprint density at radius 2 is 1.81 bits per heavy atom. The summed E-state index contributed by atoms with van der Waals surface area (Å²) in [6.45, 7) is 6.57. The van der Waals surface area contributed by atoms with Crippen LogP contribution < -0.4 is 5.14 Å². The van der Waals surface area contributed by atoms with Gasteiger partial charge in [-0.1, -0.05) is 13.8 Å². The molecule has 0 aromatic heterocycles. The third-order valence-corrected chi connectivity index (χ3v) is 5.13. The number of aryl methyl sites for hydroxylation is 1. The van der Waals surface area contributed by atoms with Crippen molar-refractivity contribution in [3.05, 3.63) is 29.1 Å². The van der Waals surface area contributed by atoms with Crippen molar-refractivity contribution < 1.29 is 17.6 Å². The Morgan fingerprint density at radius 1 is 1.29 bits per heavy atom. The molecule has 21 heavy (non-hydrogen) atoms. The molecule has 5 nitrogen and oxygen atoms in total. The predicted octanol–water partition coefficient (Wildman–Crippen LogP) is 1.51. The van der Waals surface area contributed by atoms with Crippen LogP contribution in [0, 0.1) is 24.6 Å². The number of hydrogen-bond donors (Lipinski definition) is 1. The number of benzene rings is 1. The Hall–Kier alpha value is -1.47. The normalized spacial score (nSPS) is 22.6. The van der Waals surface area contributed by atoms with E-state index in [1.165, 1.54) is 6.92 Å². The lowest BCUT2D eigenvalue weighted by molar-refractivity contribution is 0.0780. The summed E-state index contributed by atoms with van der Waals surface area (Å²) in [5.74, 6) is -0.550. The molecule has 116 valence electrons. The maximum Gasteiger partial charge on any atom is 0.256 e. The first kappa shape index (κ1) is 15.9. The Morgan fingerprint density at radius 3 is 2.29 bits per heavy atom. The largest absolute Gasteiger partial charge is 0.338 e. The van der Waals surface area contributed by atoms with E-state index in [9.17, 15) is 17.6 Å². The van der Waals surface area contributed by atoms with Crippen molar-refractivity contribution in [2.75, 3.05) is 13.1 Å². The van der Waals surface area contributed by atoms with E-state index in [4.69, 9.17) is 5.14 Å². The summed E-state index contributed by atoms with van der Waals surface area (Å²) < 4.78 is 37.0. The molecule has 0 bridgehead atoms. The molecule has 0 spiro atoms. The van der Waals surface area contributed by atoms with Crippen molar-refractivity contribution in [2.24, 2.45) is 17.0 Å². The topological polar surface area (TPSA) is 80.5 Å². The zero-order valence-corrected chi connectivity index (χ0v) is 13.1. The molecule has 1 heterocycles. The second kappa shape index (κ2) is 5.38. The average Bonchev–Trinajstić information content (AvgIpc) is 2.67. The maximum atomic E-state index is 14.0. The van der Waals surface area contributed by atoms with Gasteiger partial charge in [0.15, 0.2) is 0 Å². The highest BCUT2D eigenvalue weighted by molar-refractivity contribution is 7.89. The monoisotopic (exact) mass is 314 g/mol. The van der Waals surface area contributed by atoms with Gasteiger partial charge in [-0.05, 0) is 36.5 Å². The molecule has 0 aliphatic carbocycles. The zero-order valence-electron chi connectivity index (χ0n) is 12.3. The van der Waals surface area contributed by atoms with E-state index < -0.39 is 21.7 Å². The van der Waals surface area contributed by atoms with Gasteiger partial charge < -0.3 is 4.90 Å². The maximum absolute atomic E-state index is 14.0. The molecular formula is C14H19FN2O3S. The van der Waals surface area contributed by atoms with Crippen LogP contribution in [0.25, 0.3) is 0 Å². The lowest BCUT2D eigenvalue weighted by Crippen LogP contribution is -2.30. The molecule has 1 aliphatic rings. The lowest BCUT2D eigenvalue weighted by atomic mass is 10.0. The van der Waals surface area contributed by atoms with Gasteiger partial charge in [-0.15, -0.1) is 0 Å². The van der Waals surface area contributed by atoms with Crippen LogP contribution in [0.4, 0.5) is 4.39 Å². The molecule has 2 atom stereocenters. The molecule has 1 saturated heterocycles. The third kappa shape index (κ3) is 3.08. The van der Waals surface area contributed by atoms with E-state index in [-0.39, 0.29) is 16.0 Å². The number of halogens is 1. The first-order valence-corrected chi connectivity index (χ1v) is 8.28. The molecule has 2 rings (SSSR count). The molecule has 1 fully saturated rings. The Kier molecular flexibility index (Phi) is 4.08. The van der Waals surface area contributed by atoms with Gasteiger partial charge in [0, 0.05) is 13.1 Å². The van der Waals surface area contributed by atoms with E-state index in [0.29, 0.717) is 24.9 Å². The second-order valence-corrected chi connectivity index (χ2v) is 7.34. The Bertz CT molecular complexity index is 678. The van der Waals surface area contributed by atoms with E-state index >= 15 is 0 Å². The summed E-state index contributed by atoms with van der Waals surface area (Å²) in [5, 5.41) is 5.10. The molecule has 0 radical (unpaired) electrons. The standard InChI is InChI=1S/C14H19FN2O3S/c1-8-4-12(15)11(5-13(8)21(16,19)20)14(18)17-6-9(2)10(3)7-17/h4-5,9-10H,6-7H2,1-3H3,(H2,16,19,20). The summed E-state index contributed by atoms with van der Waals surface area (Å²) in [6.07, 6.45) is 0. The van der Waals surface area contributed by atoms with Crippen molar-refractivity contribution in [3.63, 3.8) is 0 Å². The average molecular weight is 314 g/mol. The molecule has 1 aromatic rings. The smallest absolute Gasteiger partial charge is 0.256 e. The molecule has 1 aromatic carbocycles. The number of amides is 1. The highest BCUT2D eigenvalue weighted by Crippen LogP contribution is 2.26. The summed E-state index contributed by atoms with van der Waals surface area (Å²) in [5.41, 5.74) is -0.0550. The highest BCUT2D eigenvalue weighted by atomic mass is 32.2. The van der Waals surface area contributed by atoms with E-state index in [2.05, 4.69) is 0 Å². The first-order valence-electron chi connectivity index (χ1n) is 6.73. The van der Waals surface area contributed by atoms with Crippen molar-refractivity contribution >= 4 is 15.9 Å². The summed E-state index contributed by atoms with van der Waals surface area (Å²) in [6, 6.07) is 2.08. The Labute approximate surface area is 124 Å². The van der Waals surface area contributed by atoms with Gasteiger partial charge in [0.2, 0.25) is 10.0 Å². The van der Waals surface area contributed by atoms with Crippen molar-refractivity contribution in [1.29, 1.82) is 0 Å². The molecule has 0 saturated carbocycles. The minimum atomic E-state index is -3.99. The van der Waals surface area contributed by atoms with Crippen LogP contribution >= 0.6 is 0 Å². The molecule has 2 N–H and O–H groups in total. The van der Waals surface area contributed by atoms with Crippen LogP contribution in [0.3, 0.4) is 0 Å². The number of rotatable bonds is 2. The number of likely N-dealkylation sites (tertiary alicyclic amines) is 1. The van der Waals surface area contributed by atoms with E-state index in [1.807, 2.05) is 13.8 Å². The van der Waals surface area contributed by atoms with Crippen molar-refractivity contribution in [1.82, 2.24) is 4.90 Å². The molecular weight excluding hydrogens is 295 g/mol. The first-order chi connectivity index (χ1) is 9.61. The molecule has 7 heteroatoms. The number of hydrogen-bond acceptors (Lipinski definition) is 3. The fourth-order valence-electron chi connectivity index (χ4n) is 2.59. The quantitative estimate of drug-likeness (QED) is 0.898. The summed E-state index contributed by atoms with van der Waals surface area (Å²) in [4.78, 5) is 13.7. The molecule has 1 amide bonds. The van der Waals surface area contributed by atoms with Crippen LogP contribution in [-0.2, 0) is 10.0 Å². The van der Waals surface area contributed by atoms with E-state index in [1.54, 1.807) is 4.90 Å². The third-order valence-electron chi connectivity index (χ3n) is 4.08. The van der Waals surface area contributed by atoms with Gasteiger partial charge in [-0.25, -0.2) is 17.9 Å². The Balaban J connectivity index is 2.43. The second-order valence-electron chi connectivity index (χ2n) is 5.81. The number of carbonyl (C=O) groups excluding carboxylic acids is 1. The fraction of sp³-hybridized carbons (Fsp3) is 0.500. The molecule has 1 aliphatic heterocycles.